The number of benzene rings is 1. The number of ether oxygens (including phenoxy) is 1. The summed E-state index contributed by atoms with van der Waals surface area (Å²) in [5.74, 6) is -0.0465. The predicted octanol–water partition coefficient (Wildman–Crippen LogP) is 1.92. The van der Waals surface area contributed by atoms with E-state index in [1.54, 1.807) is 36.5 Å². The smallest absolute Gasteiger partial charge is 0.306 e. The third-order valence-corrected chi connectivity index (χ3v) is 4.47. The first-order valence-corrected chi connectivity index (χ1v) is 9.12. The summed E-state index contributed by atoms with van der Waals surface area (Å²) in [4.78, 5) is 47.7. The highest BCUT2D eigenvalue weighted by Gasteiger charge is 2.09. The van der Waals surface area contributed by atoms with E-state index in [1.165, 1.54) is 10.5 Å². The van der Waals surface area contributed by atoms with Crippen LogP contribution in [0.25, 0.3) is 16.6 Å². The number of aromatic amines is 1. The number of fused-ring (bicyclic) bond motifs is 2. The Labute approximate surface area is 164 Å². The summed E-state index contributed by atoms with van der Waals surface area (Å²) in [6, 6.07) is 12.0. The van der Waals surface area contributed by atoms with Gasteiger partial charge in [0.05, 0.1) is 23.0 Å². The number of H-pyrrole nitrogens is 1. The van der Waals surface area contributed by atoms with Gasteiger partial charge >= 0.3 is 5.97 Å². The van der Waals surface area contributed by atoms with Gasteiger partial charge in [-0.3, -0.25) is 18.8 Å². The molecule has 0 atom stereocenters. The molecule has 3 heterocycles. The molecule has 0 aliphatic heterocycles. The normalized spacial score (nSPS) is 11.1. The zero-order valence-electron chi connectivity index (χ0n) is 15.7. The standard InChI is InChI=1S/C21H18N4O4/c1-13-6-8-18-22-14(10-19(26)25(18)11-13)12-29-20(27)9-7-17-23-16-5-3-2-4-15(16)21(28)24-17/h2-6,8,10-11H,7,9,12H2,1H3,(H,23,24,28). The topological polar surface area (TPSA) is 106 Å². The minimum atomic E-state index is -0.466. The Hall–Kier alpha value is -3.81. The Bertz CT molecular complexity index is 1340. The summed E-state index contributed by atoms with van der Waals surface area (Å²) in [6.07, 6.45) is 2.00. The molecule has 0 spiro atoms. The number of aromatic nitrogens is 4. The van der Waals surface area contributed by atoms with Crippen LogP contribution in [0, 0.1) is 6.92 Å². The van der Waals surface area contributed by atoms with Crippen molar-refractivity contribution in [2.45, 2.75) is 26.4 Å². The quantitative estimate of drug-likeness (QED) is 0.522. The van der Waals surface area contributed by atoms with Crippen molar-refractivity contribution >= 4 is 22.5 Å². The van der Waals surface area contributed by atoms with E-state index in [1.807, 2.05) is 13.0 Å². The molecule has 0 aliphatic rings. The first kappa shape index (κ1) is 18.5. The molecule has 146 valence electrons. The molecule has 0 bridgehead atoms. The summed E-state index contributed by atoms with van der Waals surface area (Å²) >= 11 is 0. The molecule has 8 nitrogen and oxygen atoms in total. The Balaban J connectivity index is 1.40. The van der Waals surface area contributed by atoms with Crippen LogP contribution in [-0.2, 0) is 22.6 Å². The number of rotatable bonds is 5. The molecule has 4 rings (SSSR count). The molecule has 0 radical (unpaired) electrons. The third-order valence-electron chi connectivity index (χ3n) is 4.47. The van der Waals surface area contributed by atoms with Crippen LogP contribution in [0.3, 0.4) is 0 Å². The first-order valence-electron chi connectivity index (χ1n) is 9.12. The molecule has 1 aromatic carbocycles. The second kappa shape index (κ2) is 7.67. The number of para-hydroxylation sites is 1. The van der Waals surface area contributed by atoms with Crippen molar-refractivity contribution in [2.24, 2.45) is 0 Å². The molecule has 29 heavy (non-hydrogen) atoms. The molecule has 0 unspecified atom stereocenters. The van der Waals surface area contributed by atoms with Crippen LogP contribution in [0.1, 0.15) is 23.5 Å². The van der Waals surface area contributed by atoms with Crippen LogP contribution >= 0.6 is 0 Å². The number of nitrogens with zero attached hydrogens (tertiary/aromatic N) is 3. The minimum absolute atomic E-state index is 0.0486. The lowest BCUT2D eigenvalue weighted by Crippen LogP contribution is -2.17. The van der Waals surface area contributed by atoms with Gasteiger partial charge in [-0.1, -0.05) is 18.2 Å². The van der Waals surface area contributed by atoms with Crippen molar-refractivity contribution in [1.29, 1.82) is 0 Å². The number of nitrogens with one attached hydrogen (secondary N) is 1. The van der Waals surface area contributed by atoms with Crippen molar-refractivity contribution in [1.82, 2.24) is 19.4 Å². The number of aryl methyl sites for hydroxylation is 2. The maximum absolute atomic E-state index is 12.2. The number of hydrogen-bond acceptors (Lipinski definition) is 6. The van der Waals surface area contributed by atoms with Gasteiger partial charge in [-0.25, -0.2) is 9.97 Å². The average molecular weight is 390 g/mol. The SMILES string of the molecule is Cc1ccc2nc(COC(=O)CCc3nc4ccccc4c(=O)[nH]3)cc(=O)n2c1. The van der Waals surface area contributed by atoms with Gasteiger partial charge in [0.15, 0.2) is 0 Å². The van der Waals surface area contributed by atoms with Crippen molar-refractivity contribution < 1.29 is 9.53 Å². The summed E-state index contributed by atoms with van der Waals surface area (Å²) in [5.41, 5.74) is 1.92. The number of pyridine rings is 1. The molecule has 3 aromatic heterocycles. The molecular weight excluding hydrogens is 372 g/mol. The predicted molar refractivity (Wildman–Crippen MR) is 107 cm³/mol. The van der Waals surface area contributed by atoms with E-state index in [-0.39, 0.29) is 30.6 Å². The van der Waals surface area contributed by atoms with E-state index in [9.17, 15) is 14.4 Å². The van der Waals surface area contributed by atoms with Crippen LogP contribution in [-0.4, -0.2) is 25.3 Å². The minimum Gasteiger partial charge on any atom is -0.459 e. The van der Waals surface area contributed by atoms with E-state index < -0.39 is 5.97 Å². The highest BCUT2D eigenvalue weighted by atomic mass is 16.5. The van der Waals surface area contributed by atoms with Crippen molar-refractivity contribution in [3.63, 3.8) is 0 Å². The monoisotopic (exact) mass is 390 g/mol. The number of hydrogen-bond donors (Lipinski definition) is 1. The lowest BCUT2D eigenvalue weighted by atomic mass is 10.2. The summed E-state index contributed by atoms with van der Waals surface area (Å²) in [6.45, 7) is 1.79. The molecule has 0 aliphatic carbocycles. The Morgan fingerprint density at radius 2 is 1.97 bits per heavy atom. The van der Waals surface area contributed by atoms with E-state index in [0.717, 1.165) is 5.56 Å². The van der Waals surface area contributed by atoms with Gasteiger partial charge in [0.1, 0.15) is 18.1 Å². The summed E-state index contributed by atoms with van der Waals surface area (Å²) < 4.78 is 6.67. The molecule has 8 heteroatoms. The maximum Gasteiger partial charge on any atom is 0.306 e. The van der Waals surface area contributed by atoms with Gasteiger partial charge in [-0.2, -0.15) is 0 Å². The molecule has 0 saturated carbocycles. The number of esters is 1. The zero-order valence-corrected chi connectivity index (χ0v) is 15.7. The second-order valence-electron chi connectivity index (χ2n) is 6.71. The summed E-state index contributed by atoms with van der Waals surface area (Å²) in [7, 11) is 0. The largest absolute Gasteiger partial charge is 0.459 e. The van der Waals surface area contributed by atoms with Crippen LogP contribution in [0.4, 0.5) is 0 Å². The van der Waals surface area contributed by atoms with Gasteiger partial charge in [0.2, 0.25) is 0 Å². The summed E-state index contributed by atoms with van der Waals surface area (Å²) in [5, 5.41) is 0.502. The van der Waals surface area contributed by atoms with E-state index in [0.29, 0.717) is 28.1 Å². The molecule has 0 amide bonds. The van der Waals surface area contributed by atoms with E-state index in [4.69, 9.17) is 4.74 Å². The second-order valence-corrected chi connectivity index (χ2v) is 6.71. The van der Waals surface area contributed by atoms with Gasteiger partial charge in [-0.15, -0.1) is 0 Å². The molecule has 1 N–H and O–H groups in total. The average Bonchev–Trinajstić information content (AvgIpc) is 2.71. The molecular formula is C21H18N4O4. The fourth-order valence-corrected chi connectivity index (χ4v) is 3.03. The van der Waals surface area contributed by atoms with E-state index in [2.05, 4.69) is 15.0 Å². The molecule has 4 aromatic rings. The van der Waals surface area contributed by atoms with Gasteiger partial charge in [0, 0.05) is 18.7 Å². The molecule has 0 fully saturated rings. The number of carbonyl (C=O) groups is 1. The van der Waals surface area contributed by atoms with Crippen molar-refractivity contribution in [2.75, 3.05) is 0 Å². The van der Waals surface area contributed by atoms with E-state index >= 15 is 0 Å². The van der Waals surface area contributed by atoms with Gasteiger partial charge in [0.25, 0.3) is 11.1 Å². The Morgan fingerprint density at radius 1 is 1.14 bits per heavy atom. The lowest BCUT2D eigenvalue weighted by molar-refractivity contribution is -0.145. The first-order chi connectivity index (χ1) is 14.0. The van der Waals surface area contributed by atoms with Crippen molar-refractivity contribution in [3.05, 3.63) is 86.5 Å². The van der Waals surface area contributed by atoms with Gasteiger partial charge < -0.3 is 9.72 Å². The van der Waals surface area contributed by atoms with Crippen LogP contribution in [0.2, 0.25) is 0 Å². The highest BCUT2D eigenvalue weighted by Crippen LogP contribution is 2.08. The van der Waals surface area contributed by atoms with Crippen LogP contribution in [0.15, 0.2) is 58.3 Å². The van der Waals surface area contributed by atoms with Crippen LogP contribution < -0.4 is 11.1 Å². The fraction of sp³-hybridized carbons (Fsp3) is 0.190. The molecule has 0 saturated heterocycles. The Morgan fingerprint density at radius 3 is 2.83 bits per heavy atom. The van der Waals surface area contributed by atoms with Crippen LogP contribution in [0.5, 0.6) is 0 Å². The third kappa shape index (κ3) is 4.06. The zero-order chi connectivity index (χ0) is 20.4. The number of carbonyl (C=O) groups excluding carboxylic acids is 1. The lowest BCUT2D eigenvalue weighted by Gasteiger charge is -2.07. The maximum atomic E-state index is 12.2. The fourth-order valence-electron chi connectivity index (χ4n) is 3.03. The Kier molecular flexibility index (Phi) is 4.90. The van der Waals surface area contributed by atoms with Gasteiger partial charge in [-0.05, 0) is 30.7 Å². The highest BCUT2D eigenvalue weighted by molar-refractivity contribution is 5.77. The van der Waals surface area contributed by atoms with Crippen molar-refractivity contribution in [3.8, 4) is 0 Å².